The molecule has 2 aromatic heterocycles. The lowest BCUT2D eigenvalue weighted by atomic mass is 10.0. The van der Waals surface area contributed by atoms with E-state index in [-0.39, 0.29) is 6.04 Å². The maximum Gasteiger partial charge on any atom is 0.235 e. The zero-order valence-corrected chi connectivity index (χ0v) is 17.1. The molecule has 1 N–H and O–H groups in total. The first-order chi connectivity index (χ1) is 14.5. The maximum atomic E-state index is 11.9. The highest BCUT2D eigenvalue weighted by atomic mass is 32.2. The van der Waals surface area contributed by atoms with E-state index in [0.29, 0.717) is 31.5 Å². The molecule has 0 spiro atoms. The van der Waals surface area contributed by atoms with Crippen molar-refractivity contribution in [3.8, 4) is 17.3 Å². The Kier molecular flexibility index (Phi) is 5.48. The zero-order chi connectivity index (χ0) is 21.1. The van der Waals surface area contributed by atoms with E-state index in [0.717, 1.165) is 33.3 Å². The highest BCUT2D eigenvalue weighted by molar-refractivity contribution is 7.92. The normalized spacial score (nSPS) is 15.6. The number of pyridine rings is 2. The van der Waals surface area contributed by atoms with Crippen molar-refractivity contribution in [1.29, 1.82) is 5.26 Å². The second-order valence-electron chi connectivity index (χ2n) is 7.17. The standard InChI is InChI=1S/C22H21N5O2S/c1-2-30(28,29)27-10-7-19(8-11-27)26-21-13-20-18(15-25-21)6-9-24-22(20)17-5-3-4-16(12-17)14-23/h2-6,9,12-13,15,19H,1,7-8,10-11H2,(H,25,26). The number of nitrogens with zero attached hydrogens (tertiary/aromatic N) is 4. The van der Waals surface area contributed by atoms with Crippen molar-refractivity contribution in [3.63, 3.8) is 0 Å². The van der Waals surface area contributed by atoms with Gasteiger partial charge in [0.2, 0.25) is 10.0 Å². The molecule has 3 aromatic rings. The Morgan fingerprint density at radius 3 is 2.73 bits per heavy atom. The van der Waals surface area contributed by atoms with Crippen LogP contribution in [0.15, 0.2) is 60.8 Å². The summed E-state index contributed by atoms with van der Waals surface area (Å²) in [7, 11) is -3.37. The van der Waals surface area contributed by atoms with E-state index in [1.807, 2.05) is 30.3 Å². The molecule has 0 aliphatic carbocycles. The molecule has 7 nitrogen and oxygen atoms in total. The van der Waals surface area contributed by atoms with Crippen LogP contribution in [-0.2, 0) is 10.0 Å². The van der Waals surface area contributed by atoms with E-state index in [9.17, 15) is 13.7 Å². The molecule has 1 aliphatic rings. The molecule has 0 bridgehead atoms. The fraction of sp³-hybridized carbons (Fsp3) is 0.227. The molecule has 1 fully saturated rings. The molecule has 8 heteroatoms. The topological polar surface area (TPSA) is 99.0 Å². The molecule has 3 heterocycles. The number of hydrogen-bond donors (Lipinski definition) is 1. The lowest BCUT2D eigenvalue weighted by Gasteiger charge is -2.31. The lowest BCUT2D eigenvalue weighted by molar-refractivity contribution is 0.333. The van der Waals surface area contributed by atoms with Gasteiger partial charge in [0.15, 0.2) is 0 Å². The van der Waals surface area contributed by atoms with Gasteiger partial charge in [-0.1, -0.05) is 18.7 Å². The Morgan fingerprint density at radius 2 is 2.00 bits per heavy atom. The number of anilines is 1. The first-order valence-corrected chi connectivity index (χ1v) is 11.1. The van der Waals surface area contributed by atoms with Crippen LogP contribution in [0, 0.1) is 11.3 Å². The summed E-state index contributed by atoms with van der Waals surface area (Å²) in [6, 6.07) is 13.5. The van der Waals surface area contributed by atoms with Crippen LogP contribution in [0.4, 0.5) is 5.82 Å². The van der Waals surface area contributed by atoms with E-state index in [1.165, 1.54) is 4.31 Å². The molecule has 0 unspecified atom stereocenters. The zero-order valence-electron chi connectivity index (χ0n) is 16.3. The number of benzene rings is 1. The molecular formula is C22H21N5O2S. The monoisotopic (exact) mass is 419 g/mol. The number of aromatic nitrogens is 2. The SMILES string of the molecule is C=CS(=O)(=O)N1CCC(Nc2cc3c(-c4cccc(C#N)c4)nccc3cn2)CC1. The van der Waals surface area contributed by atoms with Crippen LogP contribution < -0.4 is 5.32 Å². The predicted octanol–water partition coefficient (Wildman–Crippen LogP) is 3.52. The Balaban J connectivity index is 1.58. The van der Waals surface area contributed by atoms with Crippen molar-refractivity contribution in [2.24, 2.45) is 0 Å². The van der Waals surface area contributed by atoms with Crippen LogP contribution in [0.2, 0.25) is 0 Å². The predicted molar refractivity (Wildman–Crippen MR) is 117 cm³/mol. The minimum Gasteiger partial charge on any atom is -0.367 e. The largest absolute Gasteiger partial charge is 0.367 e. The number of hydrogen-bond acceptors (Lipinski definition) is 6. The van der Waals surface area contributed by atoms with Crippen molar-refractivity contribution < 1.29 is 8.42 Å². The Labute approximate surface area is 175 Å². The average Bonchev–Trinajstić information content (AvgIpc) is 2.79. The fourth-order valence-corrected chi connectivity index (χ4v) is 4.61. The fourth-order valence-electron chi connectivity index (χ4n) is 3.68. The lowest BCUT2D eigenvalue weighted by Crippen LogP contribution is -2.41. The highest BCUT2D eigenvalue weighted by Crippen LogP contribution is 2.29. The molecule has 1 aromatic carbocycles. The number of nitriles is 1. The number of sulfonamides is 1. The van der Waals surface area contributed by atoms with Crippen molar-refractivity contribution >= 4 is 26.6 Å². The third kappa shape index (κ3) is 4.03. The highest BCUT2D eigenvalue weighted by Gasteiger charge is 2.26. The summed E-state index contributed by atoms with van der Waals surface area (Å²) in [4.78, 5) is 9.05. The van der Waals surface area contributed by atoms with Crippen LogP contribution in [0.25, 0.3) is 22.0 Å². The average molecular weight is 420 g/mol. The molecule has 0 saturated carbocycles. The Morgan fingerprint density at radius 1 is 1.20 bits per heavy atom. The maximum absolute atomic E-state index is 11.9. The molecular weight excluding hydrogens is 398 g/mol. The van der Waals surface area contributed by atoms with Gasteiger partial charge in [0.05, 0.1) is 17.3 Å². The van der Waals surface area contributed by atoms with Gasteiger partial charge in [-0.15, -0.1) is 0 Å². The van der Waals surface area contributed by atoms with Gasteiger partial charge in [-0.25, -0.2) is 13.4 Å². The summed E-state index contributed by atoms with van der Waals surface area (Å²) < 4.78 is 25.3. The number of nitrogens with one attached hydrogen (secondary N) is 1. The van der Waals surface area contributed by atoms with E-state index < -0.39 is 10.0 Å². The van der Waals surface area contributed by atoms with Crippen molar-refractivity contribution in [1.82, 2.24) is 14.3 Å². The second kappa shape index (κ2) is 8.22. The Bertz CT molecular complexity index is 1240. The molecule has 30 heavy (non-hydrogen) atoms. The van der Waals surface area contributed by atoms with Gasteiger partial charge in [0.1, 0.15) is 5.82 Å². The second-order valence-corrected chi connectivity index (χ2v) is 9.05. The minimum absolute atomic E-state index is 0.133. The summed E-state index contributed by atoms with van der Waals surface area (Å²) in [5.74, 6) is 0.721. The number of rotatable bonds is 5. The van der Waals surface area contributed by atoms with E-state index in [4.69, 9.17) is 0 Å². The van der Waals surface area contributed by atoms with Gasteiger partial charge in [-0.3, -0.25) is 4.98 Å². The van der Waals surface area contributed by atoms with Crippen LogP contribution in [0.5, 0.6) is 0 Å². The van der Waals surface area contributed by atoms with Crippen LogP contribution in [0.3, 0.4) is 0 Å². The summed E-state index contributed by atoms with van der Waals surface area (Å²) in [6.45, 7) is 4.29. The van der Waals surface area contributed by atoms with Gasteiger partial charge in [0.25, 0.3) is 0 Å². The van der Waals surface area contributed by atoms with E-state index in [2.05, 4.69) is 27.9 Å². The summed E-state index contributed by atoms with van der Waals surface area (Å²) in [6.07, 6.45) is 4.92. The van der Waals surface area contributed by atoms with Gasteiger partial charge < -0.3 is 5.32 Å². The van der Waals surface area contributed by atoms with Crippen molar-refractivity contribution in [2.45, 2.75) is 18.9 Å². The smallest absolute Gasteiger partial charge is 0.235 e. The van der Waals surface area contributed by atoms with Crippen LogP contribution in [-0.4, -0.2) is 41.8 Å². The molecule has 0 atom stereocenters. The molecule has 1 saturated heterocycles. The number of piperidine rings is 1. The molecule has 1 aliphatic heterocycles. The first kappa shape index (κ1) is 20.0. The van der Waals surface area contributed by atoms with Gasteiger partial charge in [0, 0.05) is 53.3 Å². The first-order valence-electron chi connectivity index (χ1n) is 9.64. The third-order valence-electron chi connectivity index (χ3n) is 5.29. The molecule has 0 radical (unpaired) electrons. The van der Waals surface area contributed by atoms with Crippen LogP contribution in [0.1, 0.15) is 18.4 Å². The number of fused-ring (bicyclic) bond motifs is 1. The molecule has 152 valence electrons. The van der Waals surface area contributed by atoms with Gasteiger partial charge >= 0.3 is 0 Å². The van der Waals surface area contributed by atoms with Gasteiger partial charge in [-0.2, -0.15) is 9.57 Å². The quantitative estimate of drug-likeness (QED) is 0.679. The third-order valence-corrected chi connectivity index (χ3v) is 6.80. The minimum atomic E-state index is -3.37. The van der Waals surface area contributed by atoms with Crippen LogP contribution >= 0.6 is 0 Å². The van der Waals surface area contributed by atoms with Crippen molar-refractivity contribution in [2.75, 3.05) is 18.4 Å². The molecule has 0 amide bonds. The van der Waals surface area contributed by atoms with E-state index in [1.54, 1.807) is 18.5 Å². The summed E-state index contributed by atoms with van der Waals surface area (Å²) >= 11 is 0. The van der Waals surface area contributed by atoms with Crippen molar-refractivity contribution in [3.05, 3.63) is 66.3 Å². The molecule has 4 rings (SSSR count). The summed E-state index contributed by atoms with van der Waals surface area (Å²) in [5.41, 5.74) is 2.25. The Hall–Kier alpha value is -3.28. The van der Waals surface area contributed by atoms with Gasteiger partial charge in [-0.05, 0) is 37.1 Å². The summed E-state index contributed by atoms with van der Waals surface area (Å²) in [5, 5.41) is 15.5. The van der Waals surface area contributed by atoms with E-state index >= 15 is 0 Å².